The van der Waals surface area contributed by atoms with Gasteiger partial charge in [-0.05, 0) is 29.8 Å². The van der Waals surface area contributed by atoms with Gasteiger partial charge in [0.05, 0.1) is 16.6 Å². The van der Waals surface area contributed by atoms with Crippen molar-refractivity contribution in [2.75, 3.05) is 31.4 Å². The highest BCUT2D eigenvalue weighted by Crippen LogP contribution is 2.23. The molecule has 5 nitrogen and oxygen atoms in total. The van der Waals surface area contributed by atoms with Gasteiger partial charge in [0.1, 0.15) is 5.82 Å². The van der Waals surface area contributed by atoms with E-state index in [4.69, 9.17) is 4.74 Å². The van der Waals surface area contributed by atoms with Crippen molar-refractivity contribution in [2.45, 2.75) is 19.4 Å². The Morgan fingerprint density at radius 1 is 1.50 bits per heavy atom. The van der Waals surface area contributed by atoms with Crippen LogP contribution in [0, 0.1) is 0 Å². The normalized spacial score (nSPS) is 11.3. The molecule has 0 amide bonds. The summed E-state index contributed by atoms with van der Waals surface area (Å²) in [4.78, 5) is 8.42. The van der Waals surface area contributed by atoms with Crippen molar-refractivity contribution in [3.63, 3.8) is 0 Å². The van der Waals surface area contributed by atoms with Crippen molar-refractivity contribution in [3.05, 3.63) is 10.7 Å². The summed E-state index contributed by atoms with van der Waals surface area (Å²) in [5, 5.41) is 6.20. The van der Waals surface area contributed by atoms with Gasteiger partial charge in [-0.25, -0.2) is 4.98 Å². The molecule has 0 saturated heterocycles. The minimum Gasteiger partial charge on any atom is -0.382 e. The highest BCUT2D eigenvalue weighted by atomic mass is 79.9. The SMILES string of the molecule is CNc1ncc(Br)c(NC(C)(C)COC)n1. The Morgan fingerprint density at radius 2 is 2.19 bits per heavy atom. The highest BCUT2D eigenvalue weighted by molar-refractivity contribution is 9.10. The molecule has 1 aromatic heterocycles. The molecule has 0 fully saturated rings. The van der Waals surface area contributed by atoms with Crippen LogP contribution < -0.4 is 10.6 Å². The molecule has 0 saturated carbocycles. The van der Waals surface area contributed by atoms with Gasteiger partial charge in [-0.2, -0.15) is 4.98 Å². The number of aromatic nitrogens is 2. The monoisotopic (exact) mass is 288 g/mol. The van der Waals surface area contributed by atoms with Crippen LogP contribution >= 0.6 is 15.9 Å². The summed E-state index contributed by atoms with van der Waals surface area (Å²) < 4.78 is 5.97. The Kier molecular flexibility index (Phi) is 4.49. The Morgan fingerprint density at radius 3 is 2.75 bits per heavy atom. The lowest BCUT2D eigenvalue weighted by Crippen LogP contribution is -2.36. The largest absolute Gasteiger partial charge is 0.382 e. The molecule has 1 aromatic rings. The minimum absolute atomic E-state index is 0.184. The van der Waals surface area contributed by atoms with E-state index in [-0.39, 0.29) is 5.54 Å². The first-order valence-electron chi connectivity index (χ1n) is 4.96. The van der Waals surface area contributed by atoms with E-state index in [1.807, 2.05) is 13.8 Å². The molecular formula is C10H17BrN4O. The Bertz CT molecular complexity index is 357. The first-order chi connectivity index (χ1) is 7.48. The third-order valence-corrected chi connectivity index (χ3v) is 2.51. The summed E-state index contributed by atoms with van der Waals surface area (Å²) in [7, 11) is 3.46. The van der Waals surface area contributed by atoms with Crippen LogP contribution in [0.3, 0.4) is 0 Å². The molecule has 0 aliphatic rings. The van der Waals surface area contributed by atoms with Crippen molar-refractivity contribution in [2.24, 2.45) is 0 Å². The van der Waals surface area contributed by atoms with Crippen LogP contribution in [0.4, 0.5) is 11.8 Å². The van der Waals surface area contributed by atoms with E-state index in [9.17, 15) is 0 Å². The van der Waals surface area contributed by atoms with Gasteiger partial charge in [0.15, 0.2) is 0 Å². The van der Waals surface area contributed by atoms with Gasteiger partial charge in [-0.3, -0.25) is 0 Å². The number of rotatable bonds is 5. The first kappa shape index (κ1) is 13.2. The summed E-state index contributed by atoms with van der Waals surface area (Å²) >= 11 is 3.41. The van der Waals surface area contributed by atoms with Crippen molar-refractivity contribution >= 4 is 27.7 Å². The summed E-state index contributed by atoms with van der Waals surface area (Å²) in [5.74, 6) is 1.33. The standard InChI is InChI=1S/C10H17BrN4O/c1-10(2,6-16-4)15-8-7(11)5-13-9(12-3)14-8/h5H,6H2,1-4H3,(H2,12,13,14,15). The molecule has 0 aromatic carbocycles. The number of anilines is 2. The zero-order chi connectivity index (χ0) is 12.2. The molecule has 16 heavy (non-hydrogen) atoms. The summed E-state index contributed by atoms with van der Waals surface area (Å²) in [6.07, 6.45) is 1.71. The first-order valence-corrected chi connectivity index (χ1v) is 5.75. The second-order valence-electron chi connectivity index (χ2n) is 4.08. The predicted octanol–water partition coefficient (Wildman–Crippen LogP) is 2.12. The smallest absolute Gasteiger partial charge is 0.224 e. The molecule has 2 N–H and O–H groups in total. The number of nitrogens with zero attached hydrogens (tertiary/aromatic N) is 2. The molecule has 0 spiro atoms. The summed E-state index contributed by atoms with van der Waals surface area (Å²) in [6, 6.07) is 0. The van der Waals surface area contributed by atoms with Crippen molar-refractivity contribution in [1.82, 2.24) is 9.97 Å². The van der Waals surface area contributed by atoms with Crippen LogP contribution in [0.5, 0.6) is 0 Å². The van der Waals surface area contributed by atoms with Gasteiger partial charge in [-0.15, -0.1) is 0 Å². The fourth-order valence-corrected chi connectivity index (χ4v) is 1.58. The van der Waals surface area contributed by atoms with Crippen LogP contribution in [0.2, 0.25) is 0 Å². The van der Waals surface area contributed by atoms with E-state index >= 15 is 0 Å². The second-order valence-corrected chi connectivity index (χ2v) is 4.94. The molecule has 0 radical (unpaired) electrons. The Balaban J connectivity index is 2.87. The zero-order valence-electron chi connectivity index (χ0n) is 9.97. The Hall–Kier alpha value is -0.880. The number of nitrogens with one attached hydrogen (secondary N) is 2. The van der Waals surface area contributed by atoms with Gasteiger partial charge in [-0.1, -0.05) is 0 Å². The van der Waals surface area contributed by atoms with Crippen molar-refractivity contribution in [3.8, 4) is 0 Å². The number of hydrogen-bond donors (Lipinski definition) is 2. The third-order valence-electron chi connectivity index (χ3n) is 1.93. The van der Waals surface area contributed by atoms with Crippen LogP contribution in [-0.2, 0) is 4.74 Å². The van der Waals surface area contributed by atoms with Crippen molar-refractivity contribution < 1.29 is 4.74 Å². The second kappa shape index (κ2) is 5.45. The zero-order valence-corrected chi connectivity index (χ0v) is 11.6. The maximum absolute atomic E-state index is 5.14. The molecule has 0 bridgehead atoms. The van der Waals surface area contributed by atoms with E-state index < -0.39 is 0 Å². The molecule has 0 aliphatic carbocycles. The lowest BCUT2D eigenvalue weighted by atomic mass is 10.1. The lowest BCUT2D eigenvalue weighted by Gasteiger charge is -2.26. The van der Waals surface area contributed by atoms with E-state index in [1.54, 1.807) is 20.4 Å². The van der Waals surface area contributed by atoms with Crippen LogP contribution in [0.25, 0.3) is 0 Å². The summed E-state index contributed by atoms with van der Waals surface area (Å²) in [5.41, 5.74) is -0.184. The quantitative estimate of drug-likeness (QED) is 0.869. The molecule has 6 heteroatoms. The fraction of sp³-hybridized carbons (Fsp3) is 0.600. The molecule has 0 atom stereocenters. The molecule has 1 heterocycles. The maximum atomic E-state index is 5.14. The van der Waals surface area contributed by atoms with E-state index in [0.717, 1.165) is 10.3 Å². The number of ether oxygens (including phenoxy) is 1. The van der Waals surface area contributed by atoms with Gasteiger partial charge in [0.25, 0.3) is 0 Å². The van der Waals surface area contributed by atoms with Crippen LogP contribution in [0.15, 0.2) is 10.7 Å². The van der Waals surface area contributed by atoms with Gasteiger partial charge < -0.3 is 15.4 Å². The average molecular weight is 289 g/mol. The molecule has 0 unspecified atom stereocenters. The van der Waals surface area contributed by atoms with E-state index in [1.165, 1.54) is 0 Å². The molecule has 90 valence electrons. The van der Waals surface area contributed by atoms with Crippen LogP contribution in [-0.4, -0.2) is 36.3 Å². The Labute approximate surface area is 104 Å². The minimum atomic E-state index is -0.184. The van der Waals surface area contributed by atoms with Gasteiger partial charge in [0, 0.05) is 20.4 Å². The highest BCUT2D eigenvalue weighted by Gasteiger charge is 2.19. The van der Waals surface area contributed by atoms with Crippen molar-refractivity contribution in [1.29, 1.82) is 0 Å². The fourth-order valence-electron chi connectivity index (χ4n) is 1.29. The third kappa shape index (κ3) is 3.61. The number of methoxy groups -OCH3 is 1. The molecular weight excluding hydrogens is 272 g/mol. The number of hydrogen-bond acceptors (Lipinski definition) is 5. The lowest BCUT2D eigenvalue weighted by molar-refractivity contribution is 0.158. The van der Waals surface area contributed by atoms with E-state index in [0.29, 0.717) is 12.6 Å². The average Bonchev–Trinajstić information content (AvgIpc) is 2.21. The summed E-state index contributed by atoms with van der Waals surface area (Å²) in [6.45, 7) is 4.69. The van der Waals surface area contributed by atoms with E-state index in [2.05, 4.69) is 36.5 Å². The topological polar surface area (TPSA) is 59.1 Å². The predicted molar refractivity (Wildman–Crippen MR) is 68.9 cm³/mol. The van der Waals surface area contributed by atoms with Crippen LogP contribution in [0.1, 0.15) is 13.8 Å². The van der Waals surface area contributed by atoms with Gasteiger partial charge >= 0.3 is 0 Å². The van der Waals surface area contributed by atoms with Gasteiger partial charge in [0.2, 0.25) is 5.95 Å². The number of halogens is 1. The molecule has 0 aliphatic heterocycles. The molecule has 1 rings (SSSR count). The maximum Gasteiger partial charge on any atom is 0.224 e.